The number of nitrogens with zero attached hydrogens (tertiary/aromatic N) is 1. The molecular formula is C13H19N. The van der Waals surface area contributed by atoms with Crippen molar-refractivity contribution in [1.29, 1.82) is 0 Å². The van der Waals surface area contributed by atoms with Crippen LogP contribution in [0, 0.1) is 0 Å². The fourth-order valence-electron chi connectivity index (χ4n) is 1.77. The number of allylic oxidation sites excluding steroid dienone is 1. The predicted octanol–water partition coefficient (Wildman–Crippen LogP) is 3.75. The van der Waals surface area contributed by atoms with Crippen LogP contribution in [0.2, 0.25) is 0 Å². The third-order valence-corrected chi connectivity index (χ3v) is 2.49. The highest BCUT2D eigenvalue weighted by molar-refractivity contribution is 5.65. The van der Waals surface area contributed by atoms with E-state index in [1.54, 1.807) is 0 Å². The third-order valence-electron chi connectivity index (χ3n) is 2.49. The van der Waals surface area contributed by atoms with Crippen LogP contribution in [0.1, 0.15) is 37.6 Å². The highest BCUT2D eigenvalue weighted by atomic mass is 15.0. The molecule has 0 aromatic carbocycles. The molecule has 14 heavy (non-hydrogen) atoms. The number of hydrogen-bond acceptors (Lipinski definition) is 0. The fraction of sp³-hybridized carbons (Fsp3) is 0.385. The third kappa shape index (κ3) is 1.82. The predicted molar refractivity (Wildman–Crippen MR) is 64.3 cm³/mol. The Labute approximate surface area is 86.8 Å². The van der Waals surface area contributed by atoms with Crippen molar-refractivity contribution >= 4 is 12.2 Å². The molecule has 1 rings (SSSR count). The summed E-state index contributed by atoms with van der Waals surface area (Å²) in [5.41, 5.74) is 3.95. The number of hydrogen-bond donors (Lipinski definition) is 0. The van der Waals surface area contributed by atoms with Gasteiger partial charge in [0.25, 0.3) is 0 Å². The summed E-state index contributed by atoms with van der Waals surface area (Å²) in [7, 11) is 0. The Morgan fingerprint density at radius 3 is 2.57 bits per heavy atom. The molecule has 0 bridgehead atoms. The number of rotatable bonds is 4. The van der Waals surface area contributed by atoms with Gasteiger partial charge in [0.1, 0.15) is 0 Å². The SMILES string of the molecule is C=Cc1c(CC)cn(CC)c1/C=C\C. The first kappa shape index (κ1) is 10.8. The average molecular weight is 189 g/mol. The minimum Gasteiger partial charge on any atom is -0.347 e. The van der Waals surface area contributed by atoms with E-state index in [4.69, 9.17) is 0 Å². The molecule has 0 aliphatic heterocycles. The summed E-state index contributed by atoms with van der Waals surface area (Å²) in [4.78, 5) is 0. The van der Waals surface area contributed by atoms with Crippen molar-refractivity contribution < 1.29 is 0 Å². The van der Waals surface area contributed by atoms with Crippen molar-refractivity contribution in [2.45, 2.75) is 33.7 Å². The van der Waals surface area contributed by atoms with Gasteiger partial charge >= 0.3 is 0 Å². The van der Waals surface area contributed by atoms with E-state index < -0.39 is 0 Å². The molecule has 0 atom stereocenters. The fourth-order valence-corrected chi connectivity index (χ4v) is 1.77. The van der Waals surface area contributed by atoms with Crippen molar-refractivity contribution in [1.82, 2.24) is 4.57 Å². The Balaban J connectivity index is 3.32. The monoisotopic (exact) mass is 189 g/mol. The zero-order valence-corrected chi connectivity index (χ0v) is 9.38. The van der Waals surface area contributed by atoms with Gasteiger partial charge < -0.3 is 4.57 Å². The van der Waals surface area contributed by atoms with Crippen molar-refractivity contribution in [3.8, 4) is 0 Å². The molecule has 0 aliphatic carbocycles. The van der Waals surface area contributed by atoms with E-state index in [1.165, 1.54) is 16.8 Å². The summed E-state index contributed by atoms with van der Waals surface area (Å²) in [6.45, 7) is 11.3. The highest BCUT2D eigenvalue weighted by Gasteiger charge is 2.08. The maximum Gasteiger partial charge on any atom is 0.0479 e. The van der Waals surface area contributed by atoms with E-state index in [1.807, 2.05) is 13.0 Å². The first-order chi connectivity index (χ1) is 6.78. The first-order valence-corrected chi connectivity index (χ1v) is 5.25. The summed E-state index contributed by atoms with van der Waals surface area (Å²) < 4.78 is 2.27. The molecule has 0 N–H and O–H groups in total. The molecule has 1 heterocycles. The van der Waals surface area contributed by atoms with Crippen LogP contribution in [-0.2, 0) is 13.0 Å². The summed E-state index contributed by atoms with van der Waals surface area (Å²) in [5.74, 6) is 0. The standard InChI is InChI=1S/C13H19N/c1-5-9-13-12(7-3)11(6-2)10-14(13)8-4/h5,7,9-10H,3,6,8H2,1-2,4H3/b9-5-. The van der Waals surface area contributed by atoms with Crippen LogP contribution in [0.15, 0.2) is 18.9 Å². The molecule has 1 aromatic heterocycles. The minimum absolute atomic E-state index is 1.01. The molecule has 76 valence electrons. The largest absolute Gasteiger partial charge is 0.347 e. The maximum absolute atomic E-state index is 3.88. The van der Waals surface area contributed by atoms with Crippen LogP contribution in [-0.4, -0.2) is 4.57 Å². The van der Waals surface area contributed by atoms with Crippen molar-refractivity contribution in [3.05, 3.63) is 35.7 Å². The van der Waals surface area contributed by atoms with E-state index in [-0.39, 0.29) is 0 Å². The Morgan fingerprint density at radius 2 is 2.14 bits per heavy atom. The molecule has 0 amide bonds. The lowest BCUT2D eigenvalue weighted by molar-refractivity contribution is 0.758. The van der Waals surface area contributed by atoms with Gasteiger partial charge in [-0.25, -0.2) is 0 Å². The van der Waals surface area contributed by atoms with Gasteiger partial charge in [-0.2, -0.15) is 0 Å². The molecule has 0 fully saturated rings. The summed E-state index contributed by atoms with van der Waals surface area (Å²) >= 11 is 0. The van der Waals surface area contributed by atoms with Gasteiger partial charge in [-0.1, -0.05) is 25.7 Å². The van der Waals surface area contributed by atoms with Crippen LogP contribution >= 0.6 is 0 Å². The number of aromatic nitrogens is 1. The van der Waals surface area contributed by atoms with Gasteiger partial charge in [0, 0.05) is 24.0 Å². The molecule has 1 aromatic rings. The maximum atomic E-state index is 3.88. The van der Waals surface area contributed by atoms with E-state index in [0.717, 1.165) is 13.0 Å². The van der Waals surface area contributed by atoms with Crippen molar-refractivity contribution in [3.63, 3.8) is 0 Å². The van der Waals surface area contributed by atoms with Crippen LogP contribution in [0.4, 0.5) is 0 Å². The Kier molecular flexibility index (Phi) is 3.75. The molecule has 1 heteroatoms. The summed E-state index contributed by atoms with van der Waals surface area (Å²) in [5, 5.41) is 0. The lowest BCUT2D eigenvalue weighted by Crippen LogP contribution is -1.94. The molecule has 0 saturated carbocycles. The molecule has 0 radical (unpaired) electrons. The highest BCUT2D eigenvalue weighted by Crippen LogP contribution is 2.21. The normalized spacial score (nSPS) is 11.1. The van der Waals surface area contributed by atoms with Crippen LogP contribution in [0.25, 0.3) is 12.2 Å². The van der Waals surface area contributed by atoms with Gasteiger partial charge in [-0.05, 0) is 31.9 Å². The molecular weight excluding hydrogens is 170 g/mol. The van der Waals surface area contributed by atoms with Gasteiger partial charge in [-0.3, -0.25) is 0 Å². The molecule has 0 spiro atoms. The first-order valence-electron chi connectivity index (χ1n) is 5.25. The van der Waals surface area contributed by atoms with Crippen LogP contribution in [0.3, 0.4) is 0 Å². The Hall–Kier alpha value is -1.24. The molecule has 0 unspecified atom stereocenters. The van der Waals surface area contributed by atoms with E-state index >= 15 is 0 Å². The average Bonchev–Trinajstić information content (AvgIpc) is 2.56. The Bertz CT molecular complexity index is 342. The second-order valence-corrected chi connectivity index (χ2v) is 3.30. The van der Waals surface area contributed by atoms with Gasteiger partial charge in [0.15, 0.2) is 0 Å². The lowest BCUT2D eigenvalue weighted by Gasteiger charge is -2.02. The topological polar surface area (TPSA) is 4.93 Å². The lowest BCUT2D eigenvalue weighted by atomic mass is 10.1. The van der Waals surface area contributed by atoms with E-state index in [9.17, 15) is 0 Å². The quantitative estimate of drug-likeness (QED) is 0.680. The zero-order valence-electron chi connectivity index (χ0n) is 9.38. The van der Waals surface area contributed by atoms with Crippen LogP contribution < -0.4 is 0 Å². The second-order valence-electron chi connectivity index (χ2n) is 3.30. The van der Waals surface area contributed by atoms with Gasteiger partial charge in [-0.15, -0.1) is 0 Å². The smallest absolute Gasteiger partial charge is 0.0479 e. The molecule has 0 saturated heterocycles. The zero-order chi connectivity index (χ0) is 10.6. The summed E-state index contributed by atoms with van der Waals surface area (Å²) in [6, 6.07) is 0. The number of aryl methyl sites for hydroxylation is 2. The van der Waals surface area contributed by atoms with Crippen molar-refractivity contribution in [2.24, 2.45) is 0 Å². The Morgan fingerprint density at radius 1 is 1.43 bits per heavy atom. The minimum atomic E-state index is 1.01. The van der Waals surface area contributed by atoms with Crippen molar-refractivity contribution in [2.75, 3.05) is 0 Å². The molecule has 0 aliphatic rings. The summed E-state index contributed by atoms with van der Waals surface area (Å²) in [6.07, 6.45) is 9.49. The van der Waals surface area contributed by atoms with E-state index in [0.29, 0.717) is 0 Å². The van der Waals surface area contributed by atoms with E-state index in [2.05, 4.69) is 43.3 Å². The second kappa shape index (κ2) is 4.85. The van der Waals surface area contributed by atoms with Gasteiger partial charge in [0.05, 0.1) is 0 Å². The van der Waals surface area contributed by atoms with Crippen LogP contribution in [0.5, 0.6) is 0 Å². The van der Waals surface area contributed by atoms with Gasteiger partial charge in [0.2, 0.25) is 0 Å². The molecule has 1 nitrogen and oxygen atoms in total.